The predicted octanol–water partition coefficient (Wildman–Crippen LogP) is 2.47. The lowest BCUT2D eigenvalue weighted by atomic mass is 10.1. The molecule has 1 aromatic carbocycles. The van der Waals surface area contributed by atoms with Gasteiger partial charge in [-0.15, -0.1) is 0 Å². The Hall–Kier alpha value is -2.58. The van der Waals surface area contributed by atoms with Crippen molar-refractivity contribution in [3.63, 3.8) is 0 Å². The Morgan fingerprint density at radius 3 is 2.85 bits per heavy atom. The molecule has 0 atom stereocenters. The van der Waals surface area contributed by atoms with E-state index in [1.807, 2.05) is 30.3 Å². The van der Waals surface area contributed by atoms with Gasteiger partial charge < -0.3 is 15.8 Å². The molecule has 5 nitrogen and oxygen atoms in total. The summed E-state index contributed by atoms with van der Waals surface area (Å²) in [6, 6.07) is 13.3. The summed E-state index contributed by atoms with van der Waals surface area (Å²) in [5.74, 6) is 0.598. The number of nitrogens with two attached hydrogens (primary N) is 1. The van der Waals surface area contributed by atoms with Crippen molar-refractivity contribution in [1.29, 1.82) is 5.26 Å². The van der Waals surface area contributed by atoms with Gasteiger partial charge in [0.25, 0.3) is 0 Å². The molecule has 0 aliphatic carbocycles. The van der Waals surface area contributed by atoms with E-state index in [0.717, 1.165) is 17.7 Å². The second-order valence-electron chi connectivity index (χ2n) is 4.27. The molecule has 102 valence electrons. The second-order valence-corrected chi connectivity index (χ2v) is 4.27. The van der Waals surface area contributed by atoms with Crippen LogP contribution in [0, 0.1) is 11.3 Å². The standard InChI is InChI=1S/C15H16N4O/c1-20-9-8-11-4-2-3-5-13(11)18-15-7-6-12(17)14(10-16)19-15/h2-7H,8-9,17H2,1H3,(H,18,19). The summed E-state index contributed by atoms with van der Waals surface area (Å²) < 4.78 is 5.10. The first-order valence-electron chi connectivity index (χ1n) is 6.25. The van der Waals surface area contributed by atoms with Gasteiger partial charge in [0, 0.05) is 12.8 Å². The Bertz CT molecular complexity index is 634. The molecule has 0 fully saturated rings. The topological polar surface area (TPSA) is 84.0 Å². The van der Waals surface area contributed by atoms with Crippen molar-refractivity contribution in [2.75, 3.05) is 24.8 Å². The van der Waals surface area contributed by atoms with Crippen molar-refractivity contribution in [3.05, 3.63) is 47.7 Å². The van der Waals surface area contributed by atoms with Crippen LogP contribution in [0.25, 0.3) is 0 Å². The van der Waals surface area contributed by atoms with Gasteiger partial charge in [0.05, 0.1) is 12.3 Å². The SMILES string of the molecule is COCCc1ccccc1Nc1ccc(N)c(C#N)n1. The molecule has 0 spiro atoms. The quantitative estimate of drug-likeness (QED) is 0.870. The number of nitrogen functional groups attached to an aromatic ring is 1. The van der Waals surface area contributed by atoms with Gasteiger partial charge in [-0.05, 0) is 30.2 Å². The lowest BCUT2D eigenvalue weighted by Gasteiger charge is -2.11. The number of anilines is 3. The number of hydrogen-bond acceptors (Lipinski definition) is 5. The largest absolute Gasteiger partial charge is 0.396 e. The van der Waals surface area contributed by atoms with Gasteiger partial charge >= 0.3 is 0 Å². The molecule has 3 N–H and O–H groups in total. The number of nitriles is 1. The monoisotopic (exact) mass is 268 g/mol. The molecule has 2 rings (SSSR count). The first-order chi connectivity index (χ1) is 9.74. The minimum Gasteiger partial charge on any atom is -0.396 e. The third-order valence-electron chi connectivity index (χ3n) is 2.89. The van der Waals surface area contributed by atoms with E-state index in [-0.39, 0.29) is 5.69 Å². The van der Waals surface area contributed by atoms with Crippen molar-refractivity contribution < 1.29 is 4.74 Å². The second kappa shape index (κ2) is 6.55. The zero-order chi connectivity index (χ0) is 14.4. The Balaban J connectivity index is 2.24. The number of ether oxygens (including phenoxy) is 1. The van der Waals surface area contributed by atoms with E-state index < -0.39 is 0 Å². The number of benzene rings is 1. The number of rotatable bonds is 5. The van der Waals surface area contributed by atoms with Crippen molar-refractivity contribution in [3.8, 4) is 6.07 Å². The lowest BCUT2D eigenvalue weighted by molar-refractivity contribution is 0.202. The molecule has 0 unspecified atom stereocenters. The highest BCUT2D eigenvalue weighted by Gasteiger charge is 2.05. The summed E-state index contributed by atoms with van der Waals surface area (Å²) in [5, 5.41) is 12.2. The number of pyridine rings is 1. The highest BCUT2D eigenvalue weighted by Crippen LogP contribution is 2.21. The molecular weight excluding hydrogens is 252 g/mol. The number of aromatic nitrogens is 1. The molecule has 20 heavy (non-hydrogen) atoms. The minimum atomic E-state index is 0.226. The van der Waals surface area contributed by atoms with Gasteiger partial charge in [0.1, 0.15) is 11.9 Å². The van der Waals surface area contributed by atoms with Gasteiger partial charge in [0.15, 0.2) is 5.69 Å². The van der Waals surface area contributed by atoms with E-state index in [1.165, 1.54) is 0 Å². The average molecular weight is 268 g/mol. The summed E-state index contributed by atoms with van der Waals surface area (Å²) in [5.41, 5.74) is 8.35. The molecule has 0 aliphatic rings. The normalized spacial score (nSPS) is 10.0. The van der Waals surface area contributed by atoms with Crippen molar-refractivity contribution >= 4 is 17.2 Å². The van der Waals surface area contributed by atoms with Crippen LogP contribution >= 0.6 is 0 Å². The summed E-state index contributed by atoms with van der Waals surface area (Å²) in [7, 11) is 1.68. The lowest BCUT2D eigenvalue weighted by Crippen LogP contribution is -2.02. The molecule has 0 amide bonds. The van der Waals surface area contributed by atoms with E-state index >= 15 is 0 Å². The average Bonchev–Trinajstić information content (AvgIpc) is 2.48. The fourth-order valence-corrected chi connectivity index (χ4v) is 1.84. The molecule has 0 saturated heterocycles. The third-order valence-corrected chi connectivity index (χ3v) is 2.89. The third kappa shape index (κ3) is 3.25. The number of para-hydroxylation sites is 1. The van der Waals surface area contributed by atoms with E-state index in [0.29, 0.717) is 18.1 Å². The van der Waals surface area contributed by atoms with Crippen LogP contribution < -0.4 is 11.1 Å². The summed E-state index contributed by atoms with van der Waals surface area (Å²) in [4.78, 5) is 4.18. The minimum absolute atomic E-state index is 0.226. The molecule has 0 saturated carbocycles. The smallest absolute Gasteiger partial charge is 0.165 e. The zero-order valence-corrected chi connectivity index (χ0v) is 11.3. The maximum absolute atomic E-state index is 8.94. The molecule has 0 radical (unpaired) electrons. The maximum atomic E-state index is 8.94. The van der Waals surface area contributed by atoms with Crippen LogP contribution in [0.4, 0.5) is 17.2 Å². The molecule has 0 bridgehead atoms. The van der Waals surface area contributed by atoms with E-state index in [1.54, 1.807) is 19.2 Å². The van der Waals surface area contributed by atoms with Gasteiger partial charge in [-0.1, -0.05) is 18.2 Å². The van der Waals surface area contributed by atoms with Crippen LogP contribution in [0.1, 0.15) is 11.3 Å². The van der Waals surface area contributed by atoms with Crippen LogP contribution in [0.15, 0.2) is 36.4 Å². The number of nitrogens with zero attached hydrogens (tertiary/aromatic N) is 2. The Morgan fingerprint density at radius 1 is 1.30 bits per heavy atom. The first kappa shape index (κ1) is 13.8. The van der Waals surface area contributed by atoms with Crippen LogP contribution in [-0.4, -0.2) is 18.7 Å². The highest BCUT2D eigenvalue weighted by atomic mass is 16.5. The highest BCUT2D eigenvalue weighted by molar-refractivity contribution is 5.63. The molecule has 1 aromatic heterocycles. The fourth-order valence-electron chi connectivity index (χ4n) is 1.84. The first-order valence-corrected chi connectivity index (χ1v) is 6.25. The molecule has 1 heterocycles. The molecule has 2 aromatic rings. The van der Waals surface area contributed by atoms with E-state index in [9.17, 15) is 0 Å². The zero-order valence-electron chi connectivity index (χ0n) is 11.3. The van der Waals surface area contributed by atoms with Crippen LogP contribution in [0.3, 0.4) is 0 Å². The number of nitrogens with one attached hydrogen (secondary N) is 1. The van der Waals surface area contributed by atoms with E-state index in [4.69, 9.17) is 15.7 Å². The van der Waals surface area contributed by atoms with Gasteiger partial charge in [-0.3, -0.25) is 0 Å². The Kier molecular flexibility index (Phi) is 4.53. The van der Waals surface area contributed by atoms with Crippen LogP contribution in [0.5, 0.6) is 0 Å². The van der Waals surface area contributed by atoms with Gasteiger partial charge in [-0.2, -0.15) is 5.26 Å². The van der Waals surface area contributed by atoms with E-state index in [2.05, 4.69) is 10.3 Å². The van der Waals surface area contributed by atoms with Crippen LogP contribution in [0.2, 0.25) is 0 Å². The van der Waals surface area contributed by atoms with Crippen molar-refractivity contribution in [2.24, 2.45) is 0 Å². The molecular formula is C15H16N4O. The summed E-state index contributed by atoms with van der Waals surface area (Å²) in [6.07, 6.45) is 0.805. The van der Waals surface area contributed by atoms with Gasteiger partial charge in [-0.25, -0.2) is 4.98 Å². The Labute approximate surface area is 118 Å². The number of hydrogen-bond donors (Lipinski definition) is 2. The Morgan fingerprint density at radius 2 is 2.10 bits per heavy atom. The number of methoxy groups -OCH3 is 1. The fraction of sp³-hybridized carbons (Fsp3) is 0.200. The predicted molar refractivity (Wildman–Crippen MR) is 78.7 cm³/mol. The van der Waals surface area contributed by atoms with Crippen LogP contribution in [-0.2, 0) is 11.2 Å². The van der Waals surface area contributed by atoms with Gasteiger partial charge in [0.2, 0.25) is 0 Å². The van der Waals surface area contributed by atoms with Crippen molar-refractivity contribution in [2.45, 2.75) is 6.42 Å². The summed E-state index contributed by atoms with van der Waals surface area (Å²) >= 11 is 0. The molecule has 0 aliphatic heterocycles. The summed E-state index contributed by atoms with van der Waals surface area (Å²) in [6.45, 7) is 0.650. The maximum Gasteiger partial charge on any atom is 0.165 e. The van der Waals surface area contributed by atoms with Crippen molar-refractivity contribution in [1.82, 2.24) is 4.98 Å². The molecule has 5 heteroatoms.